The third kappa shape index (κ3) is 1.90. The molecular formula is C10H13N3O. The SMILES string of the molecule is Nc1cnc(C2=CC(O)CCC2)cn1. The number of aliphatic hydroxyl groups excluding tert-OH is 1. The molecule has 74 valence electrons. The first-order chi connectivity index (χ1) is 6.75. The average molecular weight is 191 g/mol. The number of allylic oxidation sites excluding steroid dienone is 1. The molecule has 0 radical (unpaired) electrons. The molecule has 1 unspecified atom stereocenters. The van der Waals surface area contributed by atoms with Crippen molar-refractivity contribution in [3.05, 3.63) is 24.2 Å². The molecule has 1 aromatic heterocycles. The second-order valence-electron chi connectivity index (χ2n) is 3.48. The van der Waals surface area contributed by atoms with Crippen LogP contribution in [0.15, 0.2) is 18.5 Å². The second kappa shape index (κ2) is 3.75. The highest BCUT2D eigenvalue weighted by Gasteiger charge is 2.13. The molecule has 0 amide bonds. The Bertz CT molecular complexity index is 345. The third-order valence-corrected chi connectivity index (χ3v) is 2.34. The van der Waals surface area contributed by atoms with Crippen LogP contribution in [-0.2, 0) is 0 Å². The normalized spacial score (nSPS) is 21.8. The zero-order valence-corrected chi connectivity index (χ0v) is 7.85. The van der Waals surface area contributed by atoms with Gasteiger partial charge in [-0.25, -0.2) is 4.98 Å². The molecule has 1 aromatic rings. The average Bonchev–Trinajstić information content (AvgIpc) is 2.19. The fraction of sp³-hybridized carbons (Fsp3) is 0.400. The molecule has 0 bridgehead atoms. The van der Waals surface area contributed by atoms with Crippen molar-refractivity contribution in [2.45, 2.75) is 25.4 Å². The number of hydrogen-bond acceptors (Lipinski definition) is 4. The van der Waals surface area contributed by atoms with Crippen LogP contribution in [-0.4, -0.2) is 21.2 Å². The Morgan fingerprint density at radius 3 is 2.86 bits per heavy atom. The highest BCUT2D eigenvalue weighted by atomic mass is 16.3. The van der Waals surface area contributed by atoms with Crippen molar-refractivity contribution in [2.24, 2.45) is 0 Å². The number of aliphatic hydroxyl groups is 1. The maximum Gasteiger partial charge on any atom is 0.141 e. The zero-order chi connectivity index (χ0) is 9.97. The van der Waals surface area contributed by atoms with E-state index < -0.39 is 0 Å². The van der Waals surface area contributed by atoms with Gasteiger partial charge in [-0.15, -0.1) is 0 Å². The van der Waals surface area contributed by atoms with Crippen LogP contribution in [0.25, 0.3) is 5.57 Å². The first kappa shape index (κ1) is 9.15. The molecule has 0 saturated heterocycles. The number of hydrogen-bond donors (Lipinski definition) is 2. The lowest BCUT2D eigenvalue weighted by atomic mass is 9.95. The molecular weight excluding hydrogens is 178 g/mol. The summed E-state index contributed by atoms with van der Waals surface area (Å²) in [7, 11) is 0. The van der Waals surface area contributed by atoms with Crippen LogP contribution >= 0.6 is 0 Å². The maximum atomic E-state index is 9.45. The summed E-state index contributed by atoms with van der Waals surface area (Å²) in [5.41, 5.74) is 7.32. The minimum atomic E-state index is -0.335. The van der Waals surface area contributed by atoms with Gasteiger partial charge in [0, 0.05) is 0 Å². The van der Waals surface area contributed by atoms with Crippen molar-refractivity contribution < 1.29 is 5.11 Å². The molecule has 4 heteroatoms. The quantitative estimate of drug-likeness (QED) is 0.694. The highest BCUT2D eigenvalue weighted by molar-refractivity contribution is 5.63. The lowest BCUT2D eigenvalue weighted by molar-refractivity contribution is 0.206. The molecule has 1 atom stereocenters. The molecule has 1 heterocycles. The van der Waals surface area contributed by atoms with E-state index in [9.17, 15) is 5.11 Å². The first-order valence-electron chi connectivity index (χ1n) is 4.72. The van der Waals surface area contributed by atoms with Crippen LogP contribution < -0.4 is 5.73 Å². The Hall–Kier alpha value is -1.42. The lowest BCUT2D eigenvalue weighted by Gasteiger charge is -2.16. The summed E-state index contributed by atoms with van der Waals surface area (Å²) >= 11 is 0. The number of nitrogen functional groups attached to an aromatic ring is 1. The van der Waals surface area contributed by atoms with Crippen molar-refractivity contribution in [1.82, 2.24) is 9.97 Å². The number of rotatable bonds is 1. The Morgan fingerprint density at radius 1 is 1.36 bits per heavy atom. The van der Waals surface area contributed by atoms with E-state index in [2.05, 4.69) is 9.97 Å². The number of nitrogens with zero attached hydrogens (tertiary/aromatic N) is 2. The van der Waals surface area contributed by atoms with Gasteiger partial charge in [0.05, 0.1) is 24.2 Å². The molecule has 1 aliphatic carbocycles. The summed E-state index contributed by atoms with van der Waals surface area (Å²) in [5, 5.41) is 9.45. The summed E-state index contributed by atoms with van der Waals surface area (Å²) in [6.07, 6.45) is 7.50. The predicted octanol–water partition coefficient (Wildman–Crippen LogP) is 0.987. The Morgan fingerprint density at radius 2 is 2.21 bits per heavy atom. The summed E-state index contributed by atoms with van der Waals surface area (Å²) in [6.45, 7) is 0. The van der Waals surface area contributed by atoms with Gasteiger partial charge in [0.15, 0.2) is 0 Å². The van der Waals surface area contributed by atoms with Crippen molar-refractivity contribution in [2.75, 3.05) is 5.73 Å². The number of aromatic nitrogens is 2. The number of anilines is 1. The van der Waals surface area contributed by atoms with E-state index in [4.69, 9.17) is 5.73 Å². The molecule has 0 aromatic carbocycles. The Kier molecular flexibility index (Phi) is 2.45. The van der Waals surface area contributed by atoms with Crippen molar-refractivity contribution in [3.8, 4) is 0 Å². The van der Waals surface area contributed by atoms with Crippen LogP contribution in [0.3, 0.4) is 0 Å². The minimum absolute atomic E-state index is 0.335. The van der Waals surface area contributed by atoms with Crippen molar-refractivity contribution in [1.29, 1.82) is 0 Å². The third-order valence-electron chi connectivity index (χ3n) is 2.34. The fourth-order valence-electron chi connectivity index (χ4n) is 1.62. The van der Waals surface area contributed by atoms with Crippen LogP contribution in [0, 0.1) is 0 Å². The molecule has 0 aliphatic heterocycles. The molecule has 0 spiro atoms. The molecule has 4 nitrogen and oxygen atoms in total. The van der Waals surface area contributed by atoms with Gasteiger partial charge >= 0.3 is 0 Å². The summed E-state index contributed by atoms with van der Waals surface area (Å²) in [6, 6.07) is 0. The van der Waals surface area contributed by atoms with Gasteiger partial charge < -0.3 is 10.8 Å². The van der Waals surface area contributed by atoms with Crippen LogP contribution in [0.2, 0.25) is 0 Å². The molecule has 1 aliphatic rings. The molecule has 2 rings (SSSR count). The minimum Gasteiger partial charge on any atom is -0.389 e. The van der Waals surface area contributed by atoms with E-state index in [0.29, 0.717) is 5.82 Å². The van der Waals surface area contributed by atoms with E-state index in [1.165, 1.54) is 6.20 Å². The van der Waals surface area contributed by atoms with Crippen molar-refractivity contribution in [3.63, 3.8) is 0 Å². The first-order valence-corrected chi connectivity index (χ1v) is 4.72. The molecule has 14 heavy (non-hydrogen) atoms. The Labute approximate surface area is 82.5 Å². The van der Waals surface area contributed by atoms with E-state index in [0.717, 1.165) is 30.5 Å². The van der Waals surface area contributed by atoms with Crippen LogP contribution in [0.5, 0.6) is 0 Å². The van der Waals surface area contributed by atoms with Crippen molar-refractivity contribution >= 4 is 11.4 Å². The fourth-order valence-corrected chi connectivity index (χ4v) is 1.62. The topological polar surface area (TPSA) is 72.0 Å². The monoisotopic (exact) mass is 191 g/mol. The van der Waals surface area contributed by atoms with E-state index in [1.807, 2.05) is 6.08 Å². The van der Waals surface area contributed by atoms with E-state index >= 15 is 0 Å². The van der Waals surface area contributed by atoms with E-state index in [-0.39, 0.29) is 6.10 Å². The summed E-state index contributed by atoms with van der Waals surface area (Å²) in [4.78, 5) is 8.14. The lowest BCUT2D eigenvalue weighted by Crippen LogP contribution is -2.09. The standard InChI is InChI=1S/C10H13N3O/c11-10-6-12-9(5-13-10)7-2-1-3-8(14)4-7/h4-6,8,14H,1-3H2,(H2,11,13). The van der Waals surface area contributed by atoms with Gasteiger partial charge in [-0.1, -0.05) is 6.08 Å². The van der Waals surface area contributed by atoms with Gasteiger partial charge in [-0.05, 0) is 24.8 Å². The van der Waals surface area contributed by atoms with Gasteiger partial charge in [-0.2, -0.15) is 0 Å². The van der Waals surface area contributed by atoms with Gasteiger partial charge in [0.1, 0.15) is 5.82 Å². The second-order valence-corrected chi connectivity index (χ2v) is 3.48. The van der Waals surface area contributed by atoms with Crippen LogP contribution in [0.1, 0.15) is 25.0 Å². The highest BCUT2D eigenvalue weighted by Crippen LogP contribution is 2.25. The summed E-state index contributed by atoms with van der Waals surface area (Å²) < 4.78 is 0. The van der Waals surface area contributed by atoms with Gasteiger partial charge in [0.2, 0.25) is 0 Å². The molecule has 0 fully saturated rings. The Balaban J connectivity index is 2.26. The van der Waals surface area contributed by atoms with Crippen LogP contribution in [0.4, 0.5) is 5.82 Å². The zero-order valence-electron chi connectivity index (χ0n) is 7.85. The molecule has 3 N–H and O–H groups in total. The van der Waals surface area contributed by atoms with Gasteiger partial charge in [0.25, 0.3) is 0 Å². The van der Waals surface area contributed by atoms with E-state index in [1.54, 1.807) is 6.20 Å². The smallest absolute Gasteiger partial charge is 0.141 e. The maximum absolute atomic E-state index is 9.45. The number of nitrogens with two attached hydrogens (primary N) is 1. The predicted molar refractivity (Wildman–Crippen MR) is 54.3 cm³/mol. The van der Waals surface area contributed by atoms with Gasteiger partial charge in [-0.3, -0.25) is 4.98 Å². The largest absolute Gasteiger partial charge is 0.389 e. The molecule has 0 saturated carbocycles. The summed E-state index contributed by atoms with van der Waals surface area (Å²) in [5.74, 6) is 0.422.